The van der Waals surface area contributed by atoms with Crippen molar-refractivity contribution in [1.82, 2.24) is 0 Å². The van der Waals surface area contributed by atoms with Gasteiger partial charge in [0.1, 0.15) is 5.78 Å². The van der Waals surface area contributed by atoms with Gasteiger partial charge in [0.25, 0.3) is 0 Å². The molecule has 2 heteroatoms. The van der Waals surface area contributed by atoms with Crippen LogP contribution in [-0.4, -0.2) is 16.5 Å². The third kappa shape index (κ3) is 2.58. The van der Waals surface area contributed by atoms with Gasteiger partial charge in [-0.2, -0.15) is 0 Å². The van der Waals surface area contributed by atoms with Crippen LogP contribution in [0, 0.1) is 40.4 Å². The summed E-state index contributed by atoms with van der Waals surface area (Å²) in [6, 6.07) is 0. The summed E-state index contributed by atoms with van der Waals surface area (Å²) in [6.07, 6.45) is 14.6. The number of carbonyl (C=O) groups excluding carboxylic acids is 1. The summed E-state index contributed by atoms with van der Waals surface area (Å²) in [4.78, 5) is 12.3. The van der Waals surface area contributed by atoms with E-state index < -0.39 is 5.60 Å². The van der Waals surface area contributed by atoms with E-state index in [0.717, 1.165) is 37.0 Å². The number of carbonyl (C=O) groups is 1. The first-order valence-electron chi connectivity index (χ1n) is 11.1. The molecule has 26 heavy (non-hydrogen) atoms. The van der Waals surface area contributed by atoms with E-state index in [1.807, 2.05) is 26.0 Å². The summed E-state index contributed by atoms with van der Waals surface area (Å²) in [5.74, 6) is 3.78. The van der Waals surface area contributed by atoms with Crippen LogP contribution in [0.25, 0.3) is 0 Å². The largest absolute Gasteiger partial charge is 0.386 e. The van der Waals surface area contributed by atoms with E-state index in [9.17, 15) is 9.90 Å². The minimum atomic E-state index is -0.567. The first kappa shape index (κ1) is 18.7. The fraction of sp³-hybridized carbons (Fsp3) is 0.875. The Hall–Kier alpha value is -0.630. The fourth-order valence-electron chi connectivity index (χ4n) is 8.40. The zero-order valence-corrected chi connectivity index (χ0v) is 17.3. The highest BCUT2D eigenvalue weighted by Gasteiger charge is 2.61. The summed E-state index contributed by atoms with van der Waals surface area (Å²) in [6.45, 7) is 8.83. The SMILES string of the molecule is CC=CC1(O)CC[C@@]2(C)C(CC[C@H]3[C@@H]4CC[C@H](C(C)=O)[C@@]4(C)CC[C@@H]32)C1. The van der Waals surface area contributed by atoms with Gasteiger partial charge in [-0.3, -0.25) is 4.79 Å². The van der Waals surface area contributed by atoms with Crippen LogP contribution in [0.3, 0.4) is 0 Å². The van der Waals surface area contributed by atoms with Gasteiger partial charge in [-0.15, -0.1) is 0 Å². The number of hydrogen-bond donors (Lipinski definition) is 1. The second-order valence-corrected chi connectivity index (χ2v) is 10.7. The second-order valence-electron chi connectivity index (χ2n) is 10.7. The Morgan fingerprint density at radius 2 is 1.69 bits per heavy atom. The summed E-state index contributed by atoms with van der Waals surface area (Å²) in [5.41, 5.74) is 0.0882. The molecule has 0 amide bonds. The van der Waals surface area contributed by atoms with Gasteiger partial charge < -0.3 is 5.11 Å². The van der Waals surface area contributed by atoms with E-state index >= 15 is 0 Å². The van der Waals surface area contributed by atoms with Gasteiger partial charge in [0.2, 0.25) is 0 Å². The lowest BCUT2D eigenvalue weighted by atomic mass is 9.44. The average molecular weight is 359 g/mol. The van der Waals surface area contributed by atoms with Crippen molar-refractivity contribution in [3.63, 3.8) is 0 Å². The van der Waals surface area contributed by atoms with Crippen LogP contribution in [-0.2, 0) is 4.79 Å². The van der Waals surface area contributed by atoms with Crippen LogP contribution in [0.4, 0.5) is 0 Å². The van der Waals surface area contributed by atoms with E-state index in [1.165, 1.54) is 38.5 Å². The van der Waals surface area contributed by atoms with E-state index in [0.29, 0.717) is 23.0 Å². The minimum absolute atomic E-state index is 0.260. The van der Waals surface area contributed by atoms with Crippen LogP contribution in [0.5, 0.6) is 0 Å². The Morgan fingerprint density at radius 3 is 2.38 bits per heavy atom. The maximum absolute atomic E-state index is 12.3. The molecule has 1 N–H and O–H groups in total. The Bertz CT molecular complexity index is 609. The molecule has 0 aromatic heterocycles. The first-order chi connectivity index (χ1) is 12.2. The molecule has 8 atom stereocenters. The number of hydrogen-bond acceptors (Lipinski definition) is 2. The molecular formula is C24H38O2. The molecule has 4 aliphatic rings. The summed E-state index contributed by atoms with van der Waals surface area (Å²) in [7, 11) is 0. The number of ketones is 1. The Balaban J connectivity index is 1.58. The summed E-state index contributed by atoms with van der Waals surface area (Å²) < 4.78 is 0. The Labute approximate surface area is 159 Å². The van der Waals surface area contributed by atoms with Crippen LogP contribution >= 0.6 is 0 Å². The molecule has 2 nitrogen and oxygen atoms in total. The lowest BCUT2D eigenvalue weighted by molar-refractivity contribution is -0.145. The number of fused-ring (bicyclic) bond motifs is 5. The van der Waals surface area contributed by atoms with E-state index in [1.54, 1.807) is 0 Å². The van der Waals surface area contributed by atoms with E-state index in [-0.39, 0.29) is 5.41 Å². The zero-order chi connectivity index (χ0) is 18.7. The van der Waals surface area contributed by atoms with Crippen molar-refractivity contribution >= 4 is 5.78 Å². The van der Waals surface area contributed by atoms with Gasteiger partial charge in [0.05, 0.1) is 5.60 Å². The lowest BCUT2D eigenvalue weighted by Crippen LogP contribution is -2.55. The molecule has 4 rings (SSSR count). The number of aliphatic hydroxyl groups is 1. The smallest absolute Gasteiger partial charge is 0.133 e. The van der Waals surface area contributed by atoms with Crippen molar-refractivity contribution in [3.05, 3.63) is 12.2 Å². The van der Waals surface area contributed by atoms with Gasteiger partial charge in [0, 0.05) is 5.92 Å². The fourth-order valence-corrected chi connectivity index (χ4v) is 8.40. The van der Waals surface area contributed by atoms with Crippen LogP contribution in [0.2, 0.25) is 0 Å². The van der Waals surface area contributed by atoms with Crippen LogP contribution in [0.1, 0.15) is 85.5 Å². The molecule has 146 valence electrons. The zero-order valence-electron chi connectivity index (χ0n) is 17.3. The normalized spacial score (nSPS) is 53.8. The van der Waals surface area contributed by atoms with Crippen molar-refractivity contribution in [2.24, 2.45) is 40.4 Å². The third-order valence-corrected chi connectivity index (χ3v) is 9.73. The molecule has 0 aliphatic heterocycles. The van der Waals surface area contributed by atoms with Crippen molar-refractivity contribution in [2.75, 3.05) is 0 Å². The van der Waals surface area contributed by atoms with E-state index in [4.69, 9.17) is 0 Å². The predicted molar refractivity (Wildman–Crippen MR) is 106 cm³/mol. The quantitative estimate of drug-likeness (QED) is 0.658. The van der Waals surface area contributed by atoms with Crippen molar-refractivity contribution in [3.8, 4) is 0 Å². The highest BCUT2D eigenvalue weighted by molar-refractivity contribution is 5.79. The van der Waals surface area contributed by atoms with Crippen molar-refractivity contribution < 1.29 is 9.90 Å². The van der Waals surface area contributed by atoms with Crippen molar-refractivity contribution in [2.45, 2.75) is 91.1 Å². The molecule has 4 fully saturated rings. The molecule has 0 aromatic carbocycles. The molecule has 4 saturated carbocycles. The summed E-state index contributed by atoms with van der Waals surface area (Å²) >= 11 is 0. The van der Waals surface area contributed by atoms with Crippen molar-refractivity contribution in [1.29, 1.82) is 0 Å². The second kappa shape index (κ2) is 6.19. The van der Waals surface area contributed by atoms with Gasteiger partial charge in [-0.1, -0.05) is 26.0 Å². The topological polar surface area (TPSA) is 37.3 Å². The first-order valence-corrected chi connectivity index (χ1v) is 11.1. The highest BCUT2D eigenvalue weighted by atomic mass is 16.3. The Kier molecular flexibility index (Phi) is 4.46. The van der Waals surface area contributed by atoms with Crippen LogP contribution < -0.4 is 0 Å². The third-order valence-electron chi connectivity index (χ3n) is 9.73. The highest BCUT2D eigenvalue weighted by Crippen LogP contribution is 2.68. The molecule has 0 heterocycles. The maximum atomic E-state index is 12.3. The molecule has 0 radical (unpaired) electrons. The predicted octanol–water partition coefficient (Wildman–Crippen LogP) is 5.54. The standard InChI is InChI=1S/C24H38O2/c1-5-11-24(26)14-13-22(3)17(15-24)6-7-18-20-9-8-19(16(2)25)23(20,4)12-10-21(18)22/h5,11,17-21,26H,6-10,12-15H2,1-4H3/t17?,18-,19+,20-,21-,22-,23+,24?/m0/s1. The number of Topliss-reactive ketones (excluding diaryl/α,β-unsaturated/α-hetero) is 1. The average Bonchev–Trinajstić information content (AvgIpc) is 2.93. The molecule has 0 saturated heterocycles. The maximum Gasteiger partial charge on any atom is 0.133 e. The van der Waals surface area contributed by atoms with Gasteiger partial charge in [-0.25, -0.2) is 0 Å². The van der Waals surface area contributed by atoms with Gasteiger partial charge in [0.15, 0.2) is 0 Å². The molecule has 0 bridgehead atoms. The molecular weight excluding hydrogens is 320 g/mol. The summed E-state index contributed by atoms with van der Waals surface area (Å²) in [5, 5.41) is 11.0. The number of allylic oxidation sites excluding steroid dienone is 1. The minimum Gasteiger partial charge on any atom is -0.386 e. The van der Waals surface area contributed by atoms with Crippen LogP contribution in [0.15, 0.2) is 12.2 Å². The van der Waals surface area contributed by atoms with Gasteiger partial charge >= 0.3 is 0 Å². The molecule has 4 aliphatic carbocycles. The van der Waals surface area contributed by atoms with Gasteiger partial charge in [-0.05, 0) is 106 Å². The molecule has 0 aromatic rings. The Morgan fingerprint density at radius 1 is 0.962 bits per heavy atom. The molecule has 0 spiro atoms. The number of rotatable bonds is 2. The lowest BCUT2D eigenvalue weighted by Gasteiger charge is -2.61. The monoisotopic (exact) mass is 358 g/mol. The van der Waals surface area contributed by atoms with E-state index in [2.05, 4.69) is 13.8 Å². The molecule has 2 unspecified atom stereocenters.